The SMILES string of the molecule is CC.CC(=O)[C@H](N)Cc1ccc(C(C)(C)C)cc1. The van der Waals surface area contributed by atoms with E-state index in [1.54, 1.807) is 0 Å². The van der Waals surface area contributed by atoms with Crippen LogP contribution in [-0.4, -0.2) is 11.8 Å². The molecular formula is C16H27NO. The number of rotatable bonds is 3. The Labute approximate surface area is 112 Å². The molecule has 0 fully saturated rings. The standard InChI is InChI=1S/C14H21NO.C2H6/c1-10(16)13(15)9-11-5-7-12(8-6-11)14(2,3)4;1-2/h5-8,13H,9,15H2,1-4H3;1-2H3/t13-;/m1./s1. The summed E-state index contributed by atoms with van der Waals surface area (Å²) in [6, 6.07) is 7.97. The van der Waals surface area contributed by atoms with Gasteiger partial charge in [0.2, 0.25) is 0 Å². The minimum absolute atomic E-state index is 0.0416. The van der Waals surface area contributed by atoms with Crippen LogP contribution in [0.3, 0.4) is 0 Å². The lowest BCUT2D eigenvalue weighted by Crippen LogP contribution is -2.30. The highest BCUT2D eigenvalue weighted by Crippen LogP contribution is 2.22. The monoisotopic (exact) mass is 249 g/mol. The van der Waals surface area contributed by atoms with Crippen LogP contribution in [0.2, 0.25) is 0 Å². The number of Topliss-reactive ketones (excluding diaryl/α,β-unsaturated/α-hetero) is 1. The van der Waals surface area contributed by atoms with Crippen LogP contribution in [0.1, 0.15) is 52.7 Å². The average molecular weight is 249 g/mol. The van der Waals surface area contributed by atoms with Crippen LogP contribution in [0.4, 0.5) is 0 Å². The zero-order valence-corrected chi connectivity index (χ0v) is 12.6. The van der Waals surface area contributed by atoms with E-state index in [-0.39, 0.29) is 17.2 Å². The topological polar surface area (TPSA) is 43.1 Å². The minimum atomic E-state index is -0.375. The Kier molecular flexibility index (Phi) is 6.85. The first-order chi connectivity index (χ1) is 8.30. The molecule has 0 radical (unpaired) electrons. The third-order valence-corrected chi connectivity index (χ3v) is 2.80. The van der Waals surface area contributed by atoms with Gasteiger partial charge in [-0.25, -0.2) is 0 Å². The Morgan fingerprint density at radius 1 is 1.17 bits per heavy atom. The van der Waals surface area contributed by atoms with Gasteiger partial charge >= 0.3 is 0 Å². The second kappa shape index (κ2) is 7.32. The first-order valence-corrected chi connectivity index (χ1v) is 6.66. The number of nitrogens with two attached hydrogens (primary N) is 1. The lowest BCUT2D eigenvalue weighted by Gasteiger charge is -2.19. The molecule has 18 heavy (non-hydrogen) atoms. The lowest BCUT2D eigenvalue weighted by atomic mass is 9.86. The fourth-order valence-corrected chi connectivity index (χ4v) is 1.54. The third kappa shape index (κ3) is 5.46. The van der Waals surface area contributed by atoms with Crippen LogP contribution in [0.25, 0.3) is 0 Å². The number of benzene rings is 1. The van der Waals surface area contributed by atoms with E-state index in [0.29, 0.717) is 6.42 Å². The first kappa shape index (κ1) is 16.9. The van der Waals surface area contributed by atoms with E-state index < -0.39 is 0 Å². The number of hydrogen-bond donors (Lipinski definition) is 1. The van der Waals surface area contributed by atoms with Crippen molar-refractivity contribution in [1.29, 1.82) is 0 Å². The summed E-state index contributed by atoms with van der Waals surface area (Å²) in [5, 5.41) is 0. The summed E-state index contributed by atoms with van der Waals surface area (Å²) in [6.07, 6.45) is 0.625. The molecule has 0 saturated heterocycles. The van der Waals surface area contributed by atoms with E-state index in [1.165, 1.54) is 12.5 Å². The Balaban J connectivity index is 0.00000137. The predicted octanol–water partition coefficient (Wildman–Crippen LogP) is 3.47. The smallest absolute Gasteiger partial charge is 0.146 e. The largest absolute Gasteiger partial charge is 0.321 e. The highest BCUT2D eigenvalue weighted by atomic mass is 16.1. The van der Waals surface area contributed by atoms with E-state index in [2.05, 4.69) is 45.0 Å². The van der Waals surface area contributed by atoms with Crippen LogP contribution >= 0.6 is 0 Å². The van der Waals surface area contributed by atoms with Crippen molar-refractivity contribution >= 4 is 5.78 Å². The maximum absolute atomic E-state index is 11.0. The minimum Gasteiger partial charge on any atom is -0.321 e. The van der Waals surface area contributed by atoms with Crippen molar-refractivity contribution in [3.63, 3.8) is 0 Å². The second-order valence-electron chi connectivity index (χ2n) is 5.37. The summed E-state index contributed by atoms with van der Waals surface area (Å²) in [6.45, 7) is 12.1. The second-order valence-corrected chi connectivity index (χ2v) is 5.37. The summed E-state index contributed by atoms with van der Waals surface area (Å²) >= 11 is 0. The van der Waals surface area contributed by atoms with Crippen molar-refractivity contribution in [3.8, 4) is 0 Å². The summed E-state index contributed by atoms with van der Waals surface area (Å²) in [7, 11) is 0. The summed E-state index contributed by atoms with van der Waals surface area (Å²) in [5.74, 6) is 0.0416. The molecule has 0 aliphatic heterocycles. The maximum Gasteiger partial charge on any atom is 0.146 e. The van der Waals surface area contributed by atoms with Crippen molar-refractivity contribution in [1.82, 2.24) is 0 Å². The maximum atomic E-state index is 11.0. The molecule has 0 saturated carbocycles. The number of hydrogen-bond acceptors (Lipinski definition) is 2. The van der Waals surface area contributed by atoms with Crippen molar-refractivity contribution in [2.75, 3.05) is 0 Å². The number of carbonyl (C=O) groups excluding carboxylic acids is 1. The Hall–Kier alpha value is -1.15. The van der Waals surface area contributed by atoms with E-state index in [4.69, 9.17) is 5.73 Å². The van der Waals surface area contributed by atoms with Gasteiger partial charge in [0.05, 0.1) is 6.04 Å². The van der Waals surface area contributed by atoms with Gasteiger partial charge in [-0.1, -0.05) is 58.9 Å². The molecular weight excluding hydrogens is 222 g/mol. The Bertz CT molecular complexity index is 360. The normalized spacial score (nSPS) is 12.4. The van der Waals surface area contributed by atoms with Gasteiger partial charge in [-0.2, -0.15) is 0 Å². The van der Waals surface area contributed by atoms with Crippen LogP contribution in [0.15, 0.2) is 24.3 Å². The summed E-state index contributed by atoms with van der Waals surface area (Å²) < 4.78 is 0. The molecule has 0 aliphatic rings. The molecule has 1 atom stereocenters. The van der Waals surface area contributed by atoms with Gasteiger partial charge in [-0.3, -0.25) is 4.79 Å². The fraction of sp³-hybridized carbons (Fsp3) is 0.562. The van der Waals surface area contributed by atoms with Crippen LogP contribution in [-0.2, 0) is 16.6 Å². The third-order valence-electron chi connectivity index (χ3n) is 2.80. The molecule has 2 N–H and O–H groups in total. The van der Waals surface area contributed by atoms with Gasteiger partial charge in [0.25, 0.3) is 0 Å². The fourth-order valence-electron chi connectivity index (χ4n) is 1.54. The van der Waals surface area contributed by atoms with Crippen molar-refractivity contribution in [2.45, 2.75) is 59.4 Å². The number of carbonyl (C=O) groups is 1. The van der Waals surface area contributed by atoms with Gasteiger partial charge in [0, 0.05) is 0 Å². The molecule has 2 heteroatoms. The van der Waals surface area contributed by atoms with Gasteiger partial charge in [-0.05, 0) is 29.9 Å². The highest BCUT2D eigenvalue weighted by molar-refractivity contribution is 5.81. The average Bonchev–Trinajstić information content (AvgIpc) is 2.31. The molecule has 0 aliphatic carbocycles. The molecule has 0 bridgehead atoms. The number of ketones is 1. The highest BCUT2D eigenvalue weighted by Gasteiger charge is 2.14. The molecule has 0 amide bonds. The predicted molar refractivity (Wildman–Crippen MR) is 78.9 cm³/mol. The zero-order valence-electron chi connectivity index (χ0n) is 12.6. The Morgan fingerprint density at radius 3 is 1.94 bits per heavy atom. The van der Waals surface area contributed by atoms with Crippen molar-refractivity contribution in [3.05, 3.63) is 35.4 Å². The quantitative estimate of drug-likeness (QED) is 0.891. The van der Waals surface area contributed by atoms with Gasteiger partial charge in [-0.15, -0.1) is 0 Å². The molecule has 0 spiro atoms. The summed E-state index contributed by atoms with van der Waals surface area (Å²) in [5.41, 5.74) is 8.31. The van der Waals surface area contributed by atoms with Crippen molar-refractivity contribution in [2.24, 2.45) is 5.73 Å². The van der Waals surface area contributed by atoms with E-state index in [1.807, 2.05) is 13.8 Å². The van der Waals surface area contributed by atoms with E-state index >= 15 is 0 Å². The molecule has 0 aromatic heterocycles. The van der Waals surface area contributed by atoms with E-state index in [0.717, 1.165) is 5.56 Å². The molecule has 1 rings (SSSR count). The van der Waals surface area contributed by atoms with Gasteiger partial charge < -0.3 is 5.73 Å². The van der Waals surface area contributed by atoms with Crippen LogP contribution in [0, 0.1) is 0 Å². The van der Waals surface area contributed by atoms with E-state index in [9.17, 15) is 4.79 Å². The molecule has 1 aromatic rings. The van der Waals surface area contributed by atoms with Gasteiger partial charge in [0.15, 0.2) is 0 Å². The Morgan fingerprint density at radius 2 is 1.61 bits per heavy atom. The van der Waals surface area contributed by atoms with Crippen molar-refractivity contribution < 1.29 is 4.79 Å². The molecule has 0 heterocycles. The van der Waals surface area contributed by atoms with Crippen LogP contribution < -0.4 is 5.73 Å². The van der Waals surface area contributed by atoms with Gasteiger partial charge in [0.1, 0.15) is 5.78 Å². The first-order valence-electron chi connectivity index (χ1n) is 6.66. The molecule has 102 valence electrons. The van der Waals surface area contributed by atoms with Crippen LogP contribution in [0.5, 0.6) is 0 Å². The molecule has 1 aromatic carbocycles. The lowest BCUT2D eigenvalue weighted by molar-refractivity contribution is -0.118. The zero-order chi connectivity index (χ0) is 14.3. The molecule has 0 unspecified atom stereocenters. The molecule has 2 nitrogen and oxygen atoms in total. The summed E-state index contributed by atoms with van der Waals surface area (Å²) in [4.78, 5) is 11.0.